The molecule has 0 unspecified atom stereocenters. The number of carbonyl (C=O) groups is 1. The van der Waals surface area contributed by atoms with Crippen molar-refractivity contribution >= 4 is 11.7 Å². The fraction of sp³-hybridized carbons (Fsp3) is 0.647. The van der Waals surface area contributed by atoms with Crippen LogP contribution in [0, 0.1) is 6.92 Å². The molecule has 1 aromatic heterocycles. The SMILES string of the molecule is CCCN(C(=O)CN1CCN(CCO)CC1)c1ncccc1C. The molecule has 23 heavy (non-hydrogen) atoms. The molecule has 1 aromatic rings. The average Bonchev–Trinajstić information content (AvgIpc) is 2.55. The second-order valence-corrected chi connectivity index (χ2v) is 6.03. The summed E-state index contributed by atoms with van der Waals surface area (Å²) in [5, 5.41) is 8.99. The summed E-state index contributed by atoms with van der Waals surface area (Å²) in [4.78, 5) is 23.4. The van der Waals surface area contributed by atoms with Crippen molar-refractivity contribution in [1.82, 2.24) is 14.8 Å². The van der Waals surface area contributed by atoms with E-state index in [1.165, 1.54) is 0 Å². The van der Waals surface area contributed by atoms with Crippen LogP contribution in [0.2, 0.25) is 0 Å². The number of rotatable bonds is 7. The van der Waals surface area contributed by atoms with E-state index in [0.29, 0.717) is 13.1 Å². The molecule has 6 heteroatoms. The van der Waals surface area contributed by atoms with Crippen molar-refractivity contribution in [3.8, 4) is 0 Å². The highest BCUT2D eigenvalue weighted by atomic mass is 16.3. The highest BCUT2D eigenvalue weighted by molar-refractivity contribution is 5.94. The van der Waals surface area contributed by atoms with Gasteiger partial charge in [0.2, 0.25) is 5.91 Å². The summed E-state index contributed by atoms with van der Waals surface area (Å²) in [7, 11) is 0. The van der Waals surface area contributed by atoms with Gasteiger partial charge in [0, 0.05) is 45.5 Å². The Kier molecular flexibility index (Phi) is 6.95. The van der Waals surface area contributed by atoms with Crippen LogP contribution >= 0.6 is 0 Å². The minimum atomic E-state index is 0.115. The molecule has 1 aliphatic heterocycles. The second-order valence-electron chi connectivity index (χ2n) is 6.03. The molecule has 1 N–H and O–H groups in total. The fourth-order valence-corrected chi connectivity index (χ4v) is 2.92. The number of β-amino-alcohol motifs (C(OH)–C–C–N with tert-alkyl or cyclic N) is 1. The average molecular weight is 320 g/mol. The predicted octanol–water partition coefficient (Wildman–Crippen LogP) is 0.743. The lowest BCUT2D eigenvalue weighted by Gasteiger charge is -2.35. The van der Waals surface area contributed by atoms with Gasteiger partial charge >= 0.3 is 0 Å². The van der Waals surface area contributed by atoms with Crippen LogP contribution in [0.15, 0.2) is 18.3 Å². The zero-order valence-electron chi connectivity index (χ0n) is 14.2. The number of piperazine rings is 1. The maximum Gasteiger partial charge on any atom is 0.242 e. The van der Waals surface area contributed by atoms with Gasteiger partial charge < -0.3 is 5.11 Å². The van der Waals surface area contributed by atoms with Crippen molar-refractivity contribution in [2.24, 2.45) is 0 Å². The van der Waals surface area contributed by atoms with Crippen molar-refractivity contribution < 1.29 is 9.90 Å². The first-order valence-corrected chi connectivity index (χ1v) is 8.43. The highest BCUT2D eigenvalue weighted by Crippen LogP contribution is 2.17. The Balaban J connectivity index is 1.96. The Labute approximate surface area is 138 Å². The minimum Gasteiger partial charge on any atom is -0.395 e. The molecule has 1 amide bonds. The van der Waals surface area contributed by atoms with E-state index in [1.54, 1.807) is 6.20 Å². The molecule has 0 aromatic carbocycles. The molecule has 1 fully saturated rings. The first-order chi connectivity index (χ1) is 11.2. The smallest absolute Gasteiger partial charge is 0.242 e. The third-order valence-electron chi connectivity index (χ3n) is 4.23. The lowest BCUT2D eigenvalue weighted by molar-refractivity contribution is -0.120. The van der Waals surface area contributed by atoms with Crippen LogP contribution in [0.1, 0.15) is 18.9 Å². The molecule has 1 aliphatic rings. The Morgan fingerprint density at radius 3 is 2.61 bits per heavy atom. The van der Waals surface area contributed by atoms with E-state index in [9.17, 15) is 4.79 Å². The summed E-state index contributed by atoms with van der Waals surface area (Å²) in [6.45, 7) is 9.66. The van der Waals surface area contributed by atoms with Crippen molar-refractivity contribution in [3.05, 3.63) is 23.9 Å². The number of hydrogen-bond donors (Lipinski definition) is 1. The van der Waals surface area contributed by atoms with Gasteiger partial charge in [-0.25, -0.2) is 4.98 Å². The number of aromatic nitrogens is 1. The molecule has 0 radical (unpaired) electrons. The number of nitrogens with zero attached hydrogens (tertiary/aromatic N) is 4. The first kappa shape index (κ1) is 17.8. The number of aliphatic hydroxyl groups is 1. The molecule has 0 spiro atoms. The minimum absolute atomic E-state index is 0.115. The molecule has 0 bridgehead atoms. The van der Waals surface area contributed by atoms with Crippen molar-refractivity contribution in [2.75, 3.05) is 57.3 Å². The molecule has 2 rings (SSSR count). The summed E-state index contributed by atoms with van der Waals surface area (Å²) in [6, 6.07) is 3.89. The molecular weight excluding hydrogens is 292 g/mol. The number of anilines is 1. The van der Waals surface area contributed by atoms with Gasteiger partial charge in [0.1, 0.15) is 5.82 Å². The van der Waals surface area contributed by atoms with Gasteiger partial charge in [-0.1, -0.05) is 13.0 Å². The normalized spacial score (nSPS) is 16.5. The quantitative estimate of drug-likeness (QED) is 0.803. The van der Waals surface area contributed by atoms with Gasteiger partial charge in [-0.05, 0) is 25.0 Å². The van der Waals surface area contributed by atoms with Gasteiger partial charge in [-0.2, -0.15) is 0 Å². The largest absolute Gasteiger partial charge is 0.395 e. The Bertz CT molecular complexity index is 501. The van der Waals surface area contributed by atoms with Gasteiger partial charge in [0.15, 0.2) is 0 Å². The molecular formula is C17H28N4O2. The van der Waals surface area contributed by atoms with E-state index >= 15 is 0 Å². The molecule has 0 saturated carbocycles. The summed E-state index contributed by atoms with van der Waals surface area (Å²) >= 11 is 0. The van der Waals surface area contributed by atoms with Crippen molar-refractivity contribution in [2.45, 2.75) is 20.3 Å². The number of pyridine rings is 1. The Morgan fingerprint density at radius 1 is 1.30 bits per heavy atom. The number of aliphatic hydroxyl groups excluding tert-OH is 1. The molecule has 0 atom stereocenters. The third kappa shape index (κ3) is 4.99. The van der Waals surface area contributed by atoms with Crippen LogP contribution in [0.3, 0.4) is 0 Å². The van der Waals surface area contributed by atoms with Crippen LogP contribution in [-0.4, -0.2) is 78.2 Å². The van der Waals surface area contributed by atoms with Gasteiger partial charge in [-0.15, -0.1) is 0 Å². The topological polar surface area (TPSA) is 59.9 Å². The van der Waals surface area contributed by atoms with Crippen molar-refractivity contribution in [3.63, 3.8) is 0 Å². The van der Waals surface area contributed by atoms with Crippen molar-refractivity contribution in [1.29, 1.82) is 0 Å². The molecule has 1 saturated heterocycles. The maximum atomic E-state index is 12.8. The summed E-state index contributed by atoms with van der Waals surface area (Å²) in [6.07, 6.45) is 2.65. The predicted molar refractivity (Wildman–Crippen MR) is 91.6 cm³/mol. The lowest BCUT2D eigenvalue weighted by atomic mass is 10.2. The van der Waals surface area contributed by atoms with E-state index in [-0.39, 0.29) is 12.5 Å². The Morgan fingerprint density at radius 2 is 2.00 bits per heavy atom. The van der Waals surface area contributed by atoms with Crippen LogP contribution in [-0.2, 0) is 4.79 Å². The summed E-state index contributed by atoms with van der Waals surface area (Å²) in [5.41, 5.74) is 1.03. The van der Waals surface area contributed by atoms with Gasteiger partial charge in [-0.3, -0.25) is 19.5 Å². The summed E-state index contributed by atoms with van der Waals surface area (Å²) < 4.78 is 0. The standard InChI is InChI=1S/C17H28N4O2/c1-3-7-21(17-15(2)5-4-6-18-17)16(23)14-20-10-8-19(9-11-20)12-13-22/h4-6,22H,3,7-14H2,1-2H3. The van der Waals surface area contributed by atoms with Crippen LogP contribution in [0.4, 0.5) is 5.82 Å². The number of carbonyl (C=O) groups excluding carboxylic acids is 1. The van der Waals surface area contributed by atoms with E-state index < -0.39 is 0 Å². The lowest BCUT2D eigenvalue weighted by Crippen LogP contribution is -2.50. The Hall–Kier alpha value is -1.50. The number of hydrogen-bond acceptors (Lipinski definition) is 5. The van der Waals surface area contributed by atoms with Gasteiger partial charge in [0.05, 0.1) is 13.2 Å². The highest BCUT2D eigenvalue weighted by Gasteiger charge is 2.23. The third-order valence-corrected chi connectivity index (χ3v) is 4.23. The molecule has 2 heterocycles. The number of aryl methyl sites for hydroxylation is 1. The molecule has 6 nitrogen and oxygen atoms in total. The van der Waals surface area contributed by atoms with E-state index in [0.717, 1.165) is 50.5 Å². The first-order valence-electron chi connectivity index (χ1n) is 8.43. The second kappa shape index (κ2) is 8.96. The van der Waals surface area contributed by atoms with Gasteiger partial charge in [0.25, 0.3) is 0 Å². The van der Waals surface area contributed by atoms with Crippen LogP contribution < -0.4 is 4.90 Å². The number of amides is 1. The van der Waals surface area contributed by atoms with Crippen LogP contribution in [0.25, 0.3) is 0 Å². The van der Waals surface area contributed by atoms with E-state index in [2.05, 4.69) is 21.7 Å². The molecule has 128 valence electrons. The monoisotopic (exact) mass is 320 g/mol. The maximum absolute atomic E-state index is 12.8. The van der Waals surface area contributed by atoms with E-state index in [4.69, 9.17) is 5.11 Å². The van der Waals surface area contributed by atoms with Crippen LogP contribution in [0.5, 0.6) is 0 Å². The summed E-state index contributed by atoms with van der Waals surface area (Å²) in [5.74, 6) is 0.891. The fourth-order valence-electron chi connectivity index (χ4n) is 2.92. The van der Waals surface area contributed by atoms with E-state index in [1.807, 2.05) is 24.0 Å². The molecule has 0 aliphatic carbocycles. The zero-order valence-corrected chi connectivity index (χ0v) is 14.2. The zero-order chi connectivity index (χ0) is 16.7.